The molecule has 1 saturated carbocycles. The second-order valence-corrected chi connectivity index (χ2v) is 12.8. The zero-order chi connectivity index (χ0) is 25.9. The molecule has 0 bridgehead atoms. The Bertz CT molecular complexity index is 1480. The Morgan fingerprint density at radius 3 is 2.47 bits per heavy atom. The molecule has 2 aromatic heterocycles. The number of nitrogens with zero attached hydrogens (tertiary/aromatic N) is 4. The SMILES string of the molecule is Cc1ccc(S(=O)(=O)Oc2cc(=O)n3cc(N4CCN(C(=O)OC(C)(C)C)C5(CC5)C4)sc3n2)cc1. The molecule has 192 valence electrons. The molecule has 1 amide bonds. The third-order valence-electron chi connectivity index (χ3n) is 6.24. The van der Waals surface area contributed by atoms with Crippen molar-refractivity contribution in [2.45, 2.75) is 56.6 Å². The number of thiazole rings is 1. The summed E-state index contributed by atoms with van der Waals surface area (Å²) in [7, 11) is -4.13. The number of anilines is 1. The molecule has 3 heterocycles. The van der Waals surface area contributed by atoms with Crippen molar-refractivity contribution in [3.8, 4) is 5.88 Å². The minimum absolute atomic E-state index is 0.0143. The lowest BCUT2D eigenvalue weighted by Gasteiger charge is -2.42. The number of piperazine rings is 1. The van der Waals surface area contributed by atoms with Gasteiger partial charge in [-0.2, -0.15) is 13.4 Å². The second kappa shape index (κ2) is 8.48. The van der Waals surface area contributed by atoms with Crippen LogP contribution >= 0.6 is 11.3 Å². The van der Waals surface area contributed by atoms with Gasteiger partial charge in [0.05, 0.1) is 11.6 Å². The maximum absolute atomic E-state index is 12.7. The fourth-order valence-electron chi connectivity index (χ4n) is 4.27. The molecule has 2 aliphatic rings. The zero-order valence-corrected chi connectivity index (χ0v) is 22.2. The Balaban J connectivity index is 1.36. The van der Waals surface area contributed by atoms with Crippen molar-refractivity contribution < 1.29 is 22.1 Å². The fourth-order valence-corrected chi connectivity index (χ4v) is 6.15. The normalized spacial score (nSPS) is 17.4. The van der Waals surface area contributed by atoms with Gasteiger partial charge in [0.2, 0.25) is 10.8 Å². The standard InChI is InChI=1S/C24H28N4O6S2/c1-16-5-7-17(8-6-16)36(31,32)34-18-13-19(29)27-14-20(35-21(27)25-18)26-11-12-28(24(15-26)9-10-24)22(30)33-23(2,3)4/h5-8,13-14H,9-12,15H2,1-4H3. The molecule has 0 unspecified atom stereocenters. The van der Waals surface area contributed by atoms with Gasteiger partial charge in [-0.15, -0.1) is 0 Å². The minimum Gasteiger partial charge on any atom is -0.444 e. The van der Waals surface area contributed by atoms with E-state index in [1.165, 1.54) is 27.9 Å². The Hall–Kier alpha value is -3.12. The molecule has 10 nitrogen and oxygen atoms in total. The zero-order valence-electron chi connectivity index (χ0n) is 20.6. The summed E-state index contributed by atoms with van der Waals surface area (Å²) in [6.07, 6.45) is 3.18. The van der Waals surface area contributed by atoms with Gasteiger partial charge in [0.1, 0.15) is 15.5 Å². The fraction of sp³-hybridized carbons (Fsp3) is 0.458. The predicted molar refractivity (Wildman–Crippen MR) is 135 cm³/mol. The van der Waals surface area contributed by atoms with Crippen LogP contribution in [0, 0.1) is 6.92 Å². The summed E-state index contributed by atoms with van der Waals surface area (Å²) in [4.78, 5) is 34.0. The first-order valence-electron chi connectivity index (χ1n) is 11.7. The molecule has 2 fully saturated rings. The molecule has 12 heteroatoms. The van der Waals surface area contributed by atoms with E-state index in [0.717, 1.165) is 29.5 Å². The second-order valence-electron chi connectivity index (χ2n) is 10.3. The van der Waals surface area contributed by atoms with Gasteiger partial charge in [-0.05, 0) is 52.7 Å². The van der Waals surface area contributed by atoms with E-state index in [9.17, 15) is 18.0 Å². The molecule has 5 rings (SSSR count). The smallest absolute Gasteiger partial charge is 0.410 e. The Morgan fingerprint density at radius 2 is 1.83 bits per heavy atom. The van der Waals surface area contributed by atoms with E-state index >= 15 is 0 Å². The van der Waals surface area contributed by atoms with E-state index in [1.807, 2.05) is 32.6 Å². The van der Waals surface area contributed by atoms with Crippen molar-refractivity contribution in [2.75, 3.05) is 24.5 Å². The Kier molecular flexibility index (Phi) is 5.79. The number of hydrogen-bond donors (Lipinski definition) is 0. The van der Waals surface area contributed by atoms with Crippen LogP contribution in [0.4, 0.5) is 9.80 Å². The van der Waals surface area contributed by atoms with Gasteiger partial charge in [-0.25, -0.2) is 4.79 Å². The van der Waals surface area contributed by atoms with Crippen LogP contribution in [-0.2, 0) is 14.9 Å². The Morgan fingerprint density at radius 1 is 1.14 bits per heavy atom. The van der Waals surface area contributed by atoms with E-state index in [1.54, 1.807) is 18.3 Å². The predicted octanol–water partition coefficient (Wildman–Crippen LogP) is 3.42. The Labute approximate surface area is 213 Å². The number of carbonyl (C=O) groups excluding carboxylic acids is 1. The highest BCUT2D eigenvalue weighted by Gasteiger charge is 2.54. The lowest BCUT2D eigenvalue weighted by atomic mass is 10.1. The summed E-state index contributed by atoms with van der Waals surface area (Å²) in [6, 6.07) is 7.30. The number of ether oxygens (including phenoxy) is 1. The maximum atomic E-state index is 12.7. The first-order valence-corrected chi connectivity index (χ1v) is 13.9. The van der Waals surface area contributed by atoms with Crippen molar-refractivity contribution in [3.63, 3.8) is 0 Å². The molecule has 1 aromatic carbocycles. The quantitative estimate of drug-likeness (QED) is 0.470. The number of hydrogen-bond acceptors (Lipinski definition) is 9. The maximum Gasteiger partial charge on any atom is 0.410 e. The largest absolute Gasteiger partial charge is 0.444 e. The van der Waals surface area contributed by atoms with Crippen molar-refractivity contribution in [2.24, 2.45) is 0 Å². The number of fused-ring (bicyclic) bond motifs is 1. The van der Waals surface area contributed by atoms with E-state index in [4.69, 9.17) is 8.92 Å². The van der Waals surface area contributed by atoms with Crippen molar-refractivity contribution in [3.05, 3.63) is 52.4 Å². The van der Waals surface area contributed by atoms with Crippen LogP contribution in [0.25, 0.3) is 4.96 Å². The van der Waals surface area contributed by atoms with Crippen LogP contribution in [0.15, 0.2) is 46.2 Å². The molecule has 1 aliphatic heterocycles. The first kappa shape index (κ1) is 24.6. The molecule has 3 aromatic rings. The number of amides is 1. The number of aromatic nitrogens is 2. The topological polar surface area (TPSA) is 111 Å². The third-order valence-corrected chi connectivity index (χ3v) is 8.52. The number of benzene rings is 1. The van der Waals surface area contributed by atoms with Gasteiger partial charge in [-0.3, -0.25) is 14.1 Å². The number of rotatable bonds is 4. The van der Waals surface area contributed by atoms with E-state index in [-0.39, 0.29) is 22.4 Å². The van der Waals surface area contributed by atoms with E-state index < -0.39 is 21.3 Å². The summed E-state index contributed by atoms with van der Waals surface area (Å²) < 4.78 is 37.4. The number of carbonyl (C=O) groups is 1. The summed E-state index contributed by atoms with van der Waals surface area (Å²) in [5.74, 6) is -0.276. The molecular weight excluding hydrogens is 504 g/mol. The molecule has 0 N–H and O–H groups in total. The summed E-state index contributed by atoms with van der Waals surface area (Å²) in [5, 5.41) is 0.813. The third kappa shape index (κ3) is 4.79. The van der Waals surface area contributed by atoms with E-state index in [0.29, 0.717) is 24.6 Å². The van der Waals surface area contributed by atoms with Crippen molar-refractivity contribution in [1.82, 2.24) is 14.3 Å². The highest BCUT2D eigenvalue weighted by Crippen LogP contribution is 2.46. The lowest BCUT2D eigenvalue weighted by Crippen LogP contribution is -2.57. The summed E-state index contributed by atoms with van der Waals surface area (Å²) in [5.41, 5.74) is -0.358. The highest BCUT2D eigenvalue weighted by molar-refractivity contribution is 7.87. The van der Waals surface area contributed by atoms with Crippen molar-refractivity contribution in [1.29, 1.82) is 0 Å². The van der Waals surface area contributed by atoms with Gasteiger partial charge in [-0.1, -0.05) is 29.0 Å². The molecule has 0 atom stereocenters. The van der Waals surface area contributed by atoms with Crippen LogP contribution in [0.1, 0.15) is 39.2 Å². The molecule has 0 radical (unpaired) electrons. The number of aryl methyl sites for hydroxylation is 1. The first-order chi connectivity index (χ1) is 16.9. The summed E-state index contributed by atoms with van der Waals surface area (Å²) in [6.45, 7) is 9.12. The molecule has 36 heavy (non-hydrogen) atoms. The van der Waals surface area contributed by atoms with E-state index in [2.05, 4.69) is 9.88 Å². The monoisotopic (exact) mass is 532 g/mol. The van der Waals surface area contributed by atoms with Gasteiger partial charge in [0, 0.05) is 25.8 Å². The lowest BCUT2D eigenvalue weighted by molar-refractivity contribution is 0.0107. The average molecular weight is 533 g/mol. The molecular formula is C24H28N4O6S2. The molecule has 1 spiro atoms. The van der Waals surface area contributed by atoms with Gasteiger partial charge in [0.15, 0.2) is 0 Å². The van der Waals surface area contributed by atoms with Crippen LogP contribution in [0.2, 0.25) is 0 Å². The molecule has 1 saturated heterocycles. The van der Waals surface area contributed by atoms with Crippen LogP contribution < -0.4 is 14.6 Å². The van der Waals surface area contributed by atoms with Crippen LogP contribution in [0.5, 0.6) is 5.88 Å². The minimum atomic E-state index is -4.13. The highest BCUT2D eigenvalue weighted by atomic mass is 32.2. The molecule has 1 aliphatic carbocycles. The van der Waals surface area contributed by atoms with Gasteiger partial charge in [0.25, 0.3) is 5.56 Å². The van der Waals surface area contributed by atoms with Crippen LogP contribution in [0.3, 0.4) is 0 Å². The van der Waals surface area contributed by atoms with Crippen LogP contribution in [-0.4, -0.2) is 59.6 Å². The average Bonchev–Trinajstić information content (AvgIpc) is 3.38. The van der Waals surface area contributed by atoms with Crippen molar-refractivity contribution >= 4 is 37.5 Å². The summed E-state index contributed by atoms with van der Waals surface area (Å²) >= 11 is 1.27. The van der Waals surface area contributed by atoms with Gasteiger partial charge >= 0.3 is 16.2 Å². The van der Waals surface area contributed by atoms with Gasteiger partial charge < -0.3 is 13.8 Å².